The summed E-state index contributed by atoms with van der Waals surface area (Å²) in [7, 11) is -3.33. The average molecular weight is 478 g/mol. The molecular weight excluding hydrogens is 454 g/mol. The van der Waals surface area contributed by atoms with Crippen LogP contribution >= 0.6 is 0 Å². The number of anilines is 1. The largest absolute Gasteiger partial charge is 0.438 e. The highest BCUT2D eigenvalue weighted by Crippen LogP contribution is 2.22. The number of hydrogen-bond acceptors (Lipinski definition) is 7. The van der Waals surface area contributed by atoms with Crippen LogP contribution in [0.2, 0.25) is 0 Å². The first-order valence-electron chi connectivity index (χ1n) is 10.5. The van der Waals surface area contributed by atoms with Crippen molar-refractivity contribution >= 4 is 21.4 Å². The van der Waals surface area contributed by atoms with E-state index in [1.54, 1.807) is 85.7 Å². The van der Waals surface area contributed by atoms with Gasteiger partial charge in [0.2, 0.25) is 11.8 Å². The molecule has 0 unspecified atom stereocenters. The van der Waals surface area contributed by atoms with Crippen molar-refractivity contribution in [2.45, 2.75) is 30.4 Å². The number of carbonyl (C=O) groups is 1. The van der Waals surface area contributed by atoms with E-state index < -0.39 is 15.1 Å². The van der Waals surface area contributed by atoms with Crippen molar-refractivity contribution in [2.75, 3.05) is 5.32 Å². The van der Waals surface area contributed by atoms with Crippen molar-refractivity contribution in [3.05, 3.63) is 84.9 Å². The van der Waals surface area contributed by atoms with Crippen molar-refractivity contribution in [3.8, 4) is 17.4 Å². The van der Waals surface area contributed by atoms with E-state index in [1.165, 1.54) is 12.1 Å². The zero-order valence-corrected chi connectivity index (χ0v) is 19.4. The Labute approximate surface area is 197 Å². The molecular formula is C24H23N5O4S. The highest BCUT2D eigenvalue weighted by atomic mass is 32.2. The number of nitrogens with zero attached hydrogens (tertiary/aromatic N) is 4. The van der Waals surface area contributed by atoms with Crippen LogP contribution < -0.4 is 10.1 Å². The maximum absolute atomic E-state index is 12.4. The number of ether oxygens (including phenoxy) is 1. The van der Waals surface area contributed by atoms with Gasteiger partial charge in [-0.05, 0) is 61.9 Å². The summed E-state index contributed by atoms with van der Waals surface area (Å²) >= 11 is 0. The van der Waals surface area contributed by atoms with Crippen LogP contribution in [0.5, 0.6) is 11.6 Å². The van der Waals surface area contributed by atoms with E-state index in [4.69, 9.17) is 4.74 Å². The van der Waals surface area contributed by atoms with E-state index >= 15 is 0 Å². The highest BCUT2D eigenvalue weighted by Gasteiger charge is 2.18. The molecule has 1 N–H and O–H groups in total. The number of carbonyl (C=O) groups excluding carboxylic acids is 1. The Kier molecular flexibility index (Phi) is 6.69. The number of rotatable bonds is 8. The minimum atomic E-state index is -3.33. The molecule has 0 radical (unpaired) electrons. The van der Waals surface area contributed by atoms with Gasteiger partial charge in [0.15, 0.2) is 15.7 Å². The number of aromatic nitrogens is 4. The molecule has 174 valence electrons. The molecule has 1 amide bonds. The second kappa shape index (κ2) is 9.84. The summed E-state index contributed by atoms with van der Waals surface area (Å²) in [6, 6.07) is 16.7. The van der Waals surface area contributed by atoms with Crippen LogP contribution in [0.1, 0.15) is 19.4 Å². The molecule has 10 heteroatoms. The van der Waals surface area contributed by atoms with Crippen molar-refractivity contribution in [2.24, 2.45) is 0 Å². The third-order valence-corrected chi connectivity index (χ3v) is 7.16. The van der Waals surface area contributed by atoms with Crippen molar-refractivity contribution in [1.82, 2.24) is 19.7 Å². The van der Waals surface area contributed by atoms with E-state index in [0.29, 0.717) is 23.1 Å². The normalized spacial score (nSPS) is 11.4. The first-order chi connectivity index (χ1) is 16.3. The van der Waals surface area contributed by atoms with Crippen LogP contribution in [-0.2, 0) is 21.1 Å². The van der Waals surface area contributed by atoms with Gasteiger partial charge >= 0.3 is 0 Å². The molecule has 0 atom stereocenters. The van der Waals surface area contributed by atoms with Gasteiger partial charge in [-0.15, -0.1) is 10.2 Å². The van der Waals surface area contributed by atoms with Gasteiger partial charge in [-0.1, -0.05) is 12.1 Å². The topological polar surface area (TPSA) is 116 Å². The standard InChI is InChI=1S/C24H23N5O4S/c1-17(2)34(31,32)21-9-3-18(4-10-21)15-23(30)26-19-5-7-20(8-6-19)33-24-12-11-22(27-28-24)29-14-13-25-16-29/h3-14,16-17H,15H2,1-2H3,(H,26,30). The average Bonchev–Trinajstić information content (AvgIpc) is 3.36. The number of amides is 1. The molecule has 34 heavy (non-hydrogen) atoms. The fraction of sp³-hybridized carbons (Fsp3) is 0.167. The Hall–Kier alpha value is -4.05. The summed E-state index contributed by atoms with van der Waals surface area (Å²) in [4.78, 5) is 16.6. The van der Waals surface area contributed by atoms with E-state index in [9.17, 15) is 13.2 Å². The van der Waals surface area contributed by atoms with Gasteiger partial charge in [0, 0.05) is 24.1 Å². The smallest absolute Gasteiger partial charge is 0.238 e. The summed E-state index contributed by atoms with van der Waals surface area (Å²) in [5.74, 6) is 1.29. The van der Waals surface area contributed by atoms with E-state index in [1.807, 2.05) is 0 Å². The maximum Gasteiger partial charge on any atom is 0.238 e. The molecule has 0 bridgehead atoms. The van der Waals surface area contributed by atoms with Gasteiger partial charge < -0.3 is 10.1 Å². The SMILES string of the molecule is CC(C)S(=O)(=O)c1ccc(CC(=O)Nc2ccc(Oc3ccc(-n4ccnc4)nn3)cc2)cc1. The van der Waals surface area contributed by atoms with E-state index in [2.05, 4.69) is 20.5 Å². The molecule has 2 heterocycles. The van der Waals surface area contributed by atoms with Gasteiger partial charge in [0.05, 0.1) is 16.6 Å². The summed E-state index contributed by atoms with van der Waals surface area (Å²) in [6.45, 7) is 3.28. The second-order valence-corrected chi connectivity index (χ2v) is 10.3. The van der Waals surface area contributed by atoms with Crippen LogP contribution in [0.3, 0.4) is 0 Å². The minimum absolute atomic E-state index is 0.124. The fourth-order valence-corrected chi connectivity index (χ4v) is 4.15. The fourth-order valence-electron chi connectivity index (χ4n) is 3.09. The van der Waals surface area contributed by atoms with Gasteiger partial charge in [-0.2, -0.15) is 0 Å². The zero-order chi connectivity index (χ0) is 24.1. The molecule has 0 spiro atoms. The number of hydrogen-bond donors (Lipinski definition) is 1. The number of sulfone groups is 1. The predicted octanol–water partition coefficient (Wildman–Crippen LogP) is 3.82. The van der Waals surface area contributed by atoms with Crippen LogP contribution in [0.4, 0.5) is 5.69 Å². The molecule has 9 nitrogen and oxygen atoms in total. The molecule has 4 rings (SSSR count). The monoisotopic (exact) mass is 477 g/mol. The molecule has 0 saturated heterocycles. The van der Waals surface area contributed by atoms with Gasteiger partial charge in [0.25, 0.3) is 0 Å². The maximum atomic E-state index is 12.4. The third kappa shape index (κ3) is 5.46. The van der Waals surface area contributed by atoms with Gasteiger partial charge in [0.1, 0.15) is 12.1 Å². The van der Waals surface area contributed by atoms with Crippen LogP contribution in [0.25, 0.3) is 5.82 Å². The highest BCUT2D eigenvalue weighted by molar-refractivity contribution is 7.92. The van der Waals surface area contributed by atoms with Gasteiger partial charge in [-0.3, -0.25) is 9.36 Å². The van der Waals surface area contributed by atoms with Crippen molar-refractivity contribution in [3.63, 3.8) is 0 Å². The Morgan fingerprint density at radius 1 is 1.00 bits per heavy atom. The van der Waals surface area contributed by atoms with Crippen LogP contribution in [0.15, 0.2) is 84.3 Å². The summed E-state index contributed by atoms with van der Waals surface area (Å²) in [6.07, 6.45) is 5.18. The van der Waals surface area contributed by atoms with Crippen LogP contribution in [-0.4, -0.2) is 39.3 Å². The molecule has 2 aromatic carbocycles. The Bertz CT molecular complexity index is 1350. The lowest BCUT2D eigenvalue weighted by Gasteiger charge is -2.09. The first kappa shape index (κ1) is 23.1. The molecule has 0 saturated carbocycles. The molecule has 4 aromatic rings. The lowest BCUT2D eigenvalue weighted by molar-refractivity contribution is -0.115. The molecule has 0 aliphatic rings. The number of benzene rings is 2. The number of imidazole rings is 1. The Balaban J connectivity index is 1.32. The first-order valence-corrected chi connectivity index (χ1v) is 12.1. The lowest BCUT2D eigenvalue weighted by Crippen LogP contribution is -2.15. The Morgan fingerprint density at radius 2 is 1.74 bits per heavy atom. The summed E-state index contributed by atoms with van der Waals surface area (Å²) in [5.41, 5.74) is 1.33. The van der Waals surface area contributed by atoms with Gasteiger partial charge in [-0.25, -0.2) is 13.4 Å². The number of nitrogens with one attached hydrogen (secondary N) is 1. The van der Waals surface area contributed by atoms with Crippen LogP contribution in [0, 0.1) is 0 Å². The zero-order valence-electron chi connectivity index (χ0n) is 18.6. The molecule has 0 fully saturated rings. The molecule has 2 aromatic heterocycles. The van der Waals surface area contributed by atoms with Crippen molar-refractivity contribution < 1.29 is 17.9 Å². The predicted molar refractivity (Wildman–Crippen MR) is 127 cm³/mol. The molecule has 0 aliphatic carbocycles. The lowest BCUT2D eigenvalue weighted by atomic mass is 10.1. The quantitative estimate of drug-likeness (QED) is 0.410. The second-order valence-electron chi connectivity index (χ2n) is 7.79. The Morgan fingerprint density at radius 3 is 2.32 bits per heavy atom. The molecule has 0 aliphatic heterocycles. The summed E-state index contributed by atoms with van der Waals surface area (Å²) < 4.78 is 31.9. The van der Waals surface area contributed by atoms with E-state index in [-0.39, 0.29) is 17.2 Å². The van der Waals surface area contributed by atoms with Crippen molar-refractivity contribution in [1.29, 1.82) is 0 Å². The summed E-state index contributed by atoms with van der Waals surface area (Å²) in [5, 5.41) is 10.5. The van der Waals surface area contributed by atoms with E-state index in [0.717, 1.165) is 5.56 Å². The third-order valence-electron chi connectivity index (χ3n) is 4.99. The minimum Gasteiger partial charge on any atom is -0.438 e.